The van der Waals surface area contributed by atoms with Gasteiger partial charge in [-0.2, -0.15) is 5.10 Å². The monoisotopic (exact) mass is 404 g/mol. The molecule has 2 heterocycles. The van der Waals surface area contributed by atoms with Gasteiger partial charge in [0, 0.05) is 15.9 Å². The number of pyridine rings is 1. The topological polar surface area (TPSA) is 59.8 Å². The molecule has 1 aromatic carbocycles. The average Bonchev–Trinajstić information content (AvgIpc) is 2.86. The van der Waals surface area contributed by atoms with Crippen molar-refractivity contribution in [1.82, 2.24) is 14.8 Å². The highest BCUT2D eigenvalue weighted by atomic mass is 79.9. The Hall–Kier alpha value is -2.18. The maximum atomic E-state index is 12.5. The van der Waals surface area contributed by atoms with Crippen LogP contribution in [-0.2, 0) is 0 Å². The number of benzene rings is 1. The molecule has 3 rings (SSSR count). The molecule has 3 aromatic rings. The standard InChI is InChI=1S/C17H14BrClN4O/c1-10-8-11(2)23(22-10)15-7-6-14(19)16(21-15)17(24)20-13-5-3-4-12(18)9-13/h3-9H,1-2H3,(H,20,24). The predicted octanol–water partition coefficient (Wildman–Crippen LogP) is 4.55. The molecule has 0 fully saturated rings. The van der Waals surface area contributed by atoms with E-state index in [9.17, 15) is 4.79 Å². The summed E-state index contributed by atoms with van der Waals surface area (Å²) in [5.41, 5.74) is 2.62. The van der Waals surface area contributed by atoms with Crippen molar-refractivity contribution in [3.05, 3.63) is 69.0 Å². The first-order chi connectivity index (χ1) is 11.4. The van der Waals surface area contributed by atoms with Gasteiger partial charge in [0.15, 0.2) is 5.82 Å². The van der Waals surface area contributed by atoms with Crippen LogP contribution in [0.5, 0.6) is 0 Å². The zero-order valence-electron chi connectivity index (χ0n) is 13.0. The van der Waals surface area contributed by atoms with E-state index in [1.54, 1.807) is 28.9 Å². The SMILES string of the molecule is Cc1cc(C)n(-c2ccc(Cl)c(C(=O)Nc3cccc(Br)c3)n2)n1. The largest absolute Gasteiger partial charge is 0.321 e. The van der Waals surface area contributed by atoms with Gasteiger partial charge in [-0.15, -0.1) is 0 Å². The van der Waals surface area contributed by atoms with Gasteiger partial charge in [0.05, 0.1) is 10.7 Å². The summed E-state index contributed by atoms with van der Waals surface area (Å²) in [7, 11) is 0. The van der Waals surface area contributed by atoms with Gasteiger partial charge in [-0.05, 0) is 50.2 Å². The highest BCUT2D eigenvalue weighted by Gasteiger charge is 2.15. The molecule has 0 saturated carbocycles. The number of carbonyl (C=O) groups excluding carboxylic acids is 1. The molecule has 1 amide bonds. The van der Waals surface area contributed by atoms with E-state index in [2.05, 4.69) is 31.3 Å². The van der Waals surface area contributed by atoms with Gasteiger partial charge >= 0.3 is 0 Å². The molecule has 0 aliphatic carbocycles. The van der Waals surface area contributed by atoms with Crippen LogP contribution in [0.25, 0.3) is 5.82 Å². The minimum absolute atomic E-state index is 0.154. The first-order valence-electron chi connectivity index (χ1n) is 7.21. The summed E-state index contributed by atoms with van der Waals surface area (Å²) in [6.07, 6.45) is 0. The van der Waals surface area contributed by atoms with E-state index in [-0.39, 0.29) is 16.6 Å². The van der Waals surface area contributed by atoms with Crippen LogP contribution in [0.1, 0.15) is 21.9 Å². The summed E-state index contributed by atoms with van der Waals surface area (Å²) in [6.45, 7) is 3.83. The molecule has 0 bridgehead atoms. The van der Waals surface area contributed by atoms with E-state index in [4.69, 9.17) is 11.6 Å². The second-order valence-corrected chi connectivity index (χ2v) is 6.63. The first-order valence-corrected chi connectivity index (χ1v) is 8.38. The summed E-state index contributed by atoms with van der Waals surface area (Å²) in [4.78, 5) is 16.9. The van der Waals surface area contributed by atoms with Gasteiger partial charge in [-0.25, -0.2) is 9.67 Å². The summed E-state index contributed by atoms with van der Waals surface area (Å²) in [5, 5.41) is 7.46. The molecule has 5 nitrogen and oxygen atoms in total. The molecule has 0 spiro atoms. The fraction of sp³-hybridized carbons (Fsp3) is 0.118. The number of anilines is 1. The van der Waals surface area contributed by atoms with Gasteiger partial charge < -0.3 is 5.32 Å². The maximum absolute atomic E-state index is 12.5. The molecule has 0 aliphatic heterocycles. The summed E-state index contributed by atoms with van der Waals surface area (Å²) in [5.74, 6) is 0.172. The molecule has 0 aliphatic rings. The lowest BCUT2D eigenvalue weighted by molar-refractivity contribution is 0.102. The van der Waals surface area contributed by atoms with Crippen LogP contribution in [0.15, 0.2) is 46.9 Å². The smallest absolute Gasteiger partial charge is 0.275 e. The fourth-order valence-electron chi connectivity index (χ4n) is 2.33. The Balaban J connectivity index is 1.94. The van der Waals surface area contributed by atoms with Gasteiger partial charge in [0.1, 0.15) is 5.69 Å². The first kappa shape index (κ1) is 16.7. The maximum Gasteiger partial charge on any atom is 0.275 e. The number of hydrogen-bond donors (Lipinski definition) is 1. The third-order valence-corrected chi connectivity index (χ3v) is 4.15. The molecule has 122 valence electrons. The van der Waals surface area contributed by atoms with Crippen LogP contribution in [0.4, 0.5) is 5.69 Å². The molecule has 0 radical (unpaired) electrons. The third-order valence-electron chi connectivity index (χ3n) is 3.36. The van der Waals surface area contributed by atoms with Gasteiger partial charge in [-0.3, -0.25) is 4.79 Å². The number of halogens is 2. The Morgan fingerprint density at radius 3 is 2.67 bits per heavy atom. The molecule has 24 heavy (non-hydrogen) atoms. The second kappa shape index (κ2) is 6.75. The Morgan fingerprint density at radius 1 is 1.21 bits per heavy atom. The number of rotatable bonds is 3. The summed E-state index contributed by atoms with van der Waals surface area (Å²) in [6, 6.07) is 12.6. The number of nitrogens with zero attached hydrogens (tertiary/aromatic N) is 3. The van der Waals surface area contributed by atoms with Crippen molar-refractivity contribution in [1.29, 1.82) is 0 Å². The van der Waals surface area contributed by atoms with E-state index in [1.165, 1.54) is 0 Å². The lowest BCUT2D eigenvalue weighted by atomic mass is 10.3. The summed E-state index contributed by atoms with van der Waals surface area (Å²) < 4.78 is 2.55. The molecule has 0 unspecified atom stereocenters. The molecule has 2 aromatic heterocycles. The zero-order chi connectivity index (χ0) is 17.3. The summed E-state index contributed by atoms with van der Waals surface area (Å²) >= 11 is 9.53. The second-order valence-electron chi connectivity index (χ2n) is 5.30. The highest BCUT2D eigenvalue weighted by Crippen LogP contribution is 2.20. The quantitative estimate of drug-likeness (QED) is 0.695. The lowest BCUT2D eigenvalue weighted by Gasteiger charge is -2.09. The van der Waals surface area contributed by atoms with Crippen LogP contribution in [-0.4, -0.2) is 20.7 Å². The van der Waals surface area contributed by atoms with Gasteiger partial charge in [-0.1, -0.05) is 33.6 Å². The fourth-order valence-corrected chi connectivity index (χ4v) is 2.92. The molecule has 0 atom stereocenters. The van der Waals surface area contributed by atoms with Crippen LogP contribution < -0.4 is 5.32 Å². The van der Waals surface area contributed by atoms with Gasteiger partial charge in [0.2, 0.25) is 0 Å². The van der Waals surface area contributed by atoms with E-state index < -0.39 is 0 Å². The lowest BCUT2D eigenvalue weighted by Crippen LogP contribution is -2.16. The Morgan fingerprint density at radius 2 is 2.00 bits per heavy atom. The Labute approximate surface area is 152 Å². The minimum atomic E-state index is -0.374. The zero-order valence-corrected chi connectivity index (χ0v) is 15.4. The molecule has 1 N–H and O–H groups in total. The van der Waals surface area contributed by atoms with Crippen molar-refractivity contribution < 1.29 is 4.79 Å². The average molecular weight is 406 g/mol. The number of aromatic nitrogens is 3. The van der Waals surface area contributed by atoms with Crippen molar-refractivity contribution in [2.24, 2.45) is 0 Å². The predicted molar refractivity (Wildman–Crippen MR) is 97.9 cm³/mol. The van der Waals surface area contributed by atoms with Crippen LogP contribution in [0.3, 0.4) is 0 Å². The minimum Gasteiger partial charge on any atom is -0.321 e. The highest BCUT2D eigenvalue weighted by molar-refractivity contribution is 9.10. The van der Waals surface area contributed by atoms with Crippen molar-refractivity contribution in [3.63, 3.8) is 0 Å². The van der Waals surface area contributed by atoms with E-state index in [0.717, 1.165) is 15.9 Å². The molecular formula is C17H14BrClN4O. The Kier molecular flexibility index (Phi) is 4.69. The number of hydrogen-bond acceptors (Lipinski definition) is 3. The molecule has 0 saturated heterocycles. The number of amides is 1. The van der Waals surface area contributed by atoms with Crippen molar-refractivity contribution in [2.45, 2.75) is 13.8 Å². The molecule has 7 heteroatoms. The normalized spacial score (nSPS) is 10.7. The number of nitrogens with one attached hydrogen (secondary N) is 1. The van der Waals surface area contributed by atoms with E-state index in [1.807, 2.05) is 32.0 Å². The van der Waals surface area contributed by atoms with Gasteiger partial charge in [0.25, 0.3) is 5.91 Å². The van der Waals surface area contributed by atoms with Crippen molar-refractivity contribution >= 4 is 39.1 Å². The molecular weight excluding hydrogens is 392 g/mol. The number of carbonyl (C=O) groups is 1. The van der Waals surface area contributed by atoms with Crippen LogP contribution in [0, 0.1) is 13.8 Å². The van der Waals surface area contributed by atoms with Crippen molar-refractivity contribution in [2.75, 3.05) is 5.32 Å². The number of aryl methyl sites for hydroxylation is 2. The van der Waals surface area contributed by atoms with E-state index in [0.29, 0.717) is 11.5 Å². The van der Waals surface area contributed by atoms with Crippen LogP contribution in [0.2, 0.25) is 5.02 Å². The van der Waals surface area contributed by atoms with Crippen LogP contribution >= 0.6 is 27.5 Å². The van der Waals surface area contributed by atoms with E-state index >= 15 is 0 Å². The van der Waals surface area contributed by atoms with Crippen molar-refractivity contribution in [3.8, 4) is 5.82 Å². The Bertz CT molecular complexity index is 923. The third kappa shape index (κ3) is 3.49.